The molecule has 1 fully saturated rings. The monoisotopic (exact) mass is 555 g/mol. The van der Waals surface area contributed by atoms with Crippen molar-refractivity contribution in [2.75, 3.05) is 9.80 Å². The van der Waals surface area contributed by atoms with Crippen LogP contribution >= 0.6 is 12.2 Å². The number of benzene rings is 2. The van der Waals surface area contributed by atoms with Crippen LogP contribution in [0.1, 0.15) is 25.0 Å². The van der Waals surface area contributed by atoms with Crippen molar-refractivity contribution in [2.45, 2.75) is 31.1 Å². The minimum Gasteiger partial charge on any atom is -0.373 e. The number of thiocarbonyl (C=S) groups is 1. The highest BCUT2D eigenvalue weighted by Crippen LogP contribution is 2.40. The van der Waals surface area contributed by atoms with E-state index in [1.165, 1.54) is 19.9 Å². The average molecular weight is 555 g/mol. The highest BCUT2D eigenvalue weighted by Gasteiger charge is 2.51. The van der Waals surface area contributed by atoms with Crippen LogP contribution in [0.2, 0.25) is 0 Å². The lowest BCUT2D eigenvalue weighted by Gasteiger charge is -2.29. The van der Waals surface area contributed by atoms with Gasteiger partial charge in [-0.3, -0.25) is 9.69 Å². The summed E-state index contributed by atoms with van der Waals surface area (Å²) < 4.78 is 118. The van der Waals surface area contributed by atoms with Crippen molar-refractivity contribution in [1.82, 2.24) is 0 Å². The van der Waals surface area contributed by atoms with Gasteiger partial charge < -0.3 is 9.08 Å². The summed E-state index contributed by atoms with van der Waals surface area (Å²) in [6, 6.07) is 5.85. The third kappa shape index (κ3) is 4.55. The summed E-state index contributed by atoms with van der Waals surface area (Å²) in [4.78, 5) is 14.9. The molecule has 0 aromatic heterocycles. The molecule has 0 radical (unpaired) electrons. The molecule has 0 unspecified atom stereocenters. The van der Waals surface area contributed by atoms with Gasteiger partial charge in [-0.2, -0.15) is 40.0 Å². The number of alkyl halides is 6. The van der Waals surface area contributed by atoms with E-state index < -0.39 is 61.1 Å². The van der Waals surface area contributed by atoms with Gasteiger partial charge in [0.1, 0.15) is 5.54 Å². The lowest BCUT2D eigenvalue weighted by atomic mass is 10.0. The molecule has 1 aliphatic rings. The first-order valence-corrected chi connectivity index (χ1v) is 11.2. The fraction of sp³-hybridized carbons (Fsp3) is 0.250. The minimum absolute atomic E-state index is 0.236. The van der Waals surface area contributed by atoms with Gasteiger partial charge in [-0.15, -0.1) is 0 Å². The number of carbonyl (C=O) groups excluding carboxylic acids is 1. The molecule has 2 aromatic carbocycles. The van der Waals surface area contributed by atoms with Gasteiger partial charge in [0.25, 0.3) is 5.91 Å². The predicted molar refractivity (Wildman–Crippen MR) is 115 cm³/mol. The molecule has 1 saturated heterocycles. The molecule has 192 valence electrons. The van der Waals surface area contributed by atoms with E-state index in [-0.39, 0.29) is 11.4 Å². The first-order valence-electron chi connectivity index (χ1n) is 9.43. The van der Waals surface area contributed by atoms with Crippen LogP contribution in [-0.2, 0) is 21.1 Å². The van der Waals surface area contributed by atoms with Crippen molar-refractivity contribution in [1.29, 1.82) is 5.26 Å². The molecule has 36 heavy (non-hydrogen) atoms. The van der Waals surface area contributed by atoms with Crippen LogP contribution in [0.4, 0.5) is 42.1 Å². The molecule has 0 aliphatic carbocycles. The Morgan fingerprint density at radius 2 is 1.61 bits per heavy atom. The predicted octanol–water partition coefficient (Wildman–Crippen LogP) is 4.86. The van der Waals surface area contributed by atoms with Crippen molar-refractivity contribution < 1.29 is 48.1 Å². The fourth-order valence-corrected chi connectivity index (χ4v) is 4.31. The highest BCUT2D eigenvalue weighted by molar-refractivity contribution is 7.88. The fourth-order valence-electron chi connectivity index (χ4n) is 3.32. The smallest absolute Gasteiger partial charge is 0.373 e. The lowest BCUT2D eigenvalue weighted by molar-refractivity contribution is -0.137. The van der Waals surface area contributed by atoms with Crippen LogP contribution in [0.15, 0.2) is 36.4 Å². The van der Waals surface area contributed by atoms with Gasteiger partial charge in [-0.25, -0.2) is 4.39 Å². The van der Waals surface area contributed by atoms with Crippen LogP contribution in [0.3, 0.4) is 0 Å². The van der Waals surface area contributed by atoms with Gasteiger partial charge >= 0.3 is 21.8 Å². The SMILES string of the molecule is CC1(C)C(=O)N(c2ccc(C#N)c(C(F)(F)F)c2)C(=S)N1c1ccc(OS(=O)(=O)C(F)(F)F)c(F)c1. The molecule has 1 heterocycles. The number of halogens is 7. The number of carbonyl (C=O) groups is 1. The third-order valence-electron chi connectivity index (χ3n) is 5.01. The van der Waals surface area contributed by atoms with Crippen molar-refractivity contribution in [3.8, 4) is 11.8 Å². The summed E-state index contributed by atoms with van der Waals surface area (Å²) in [7, 11) is -6.17. The Balaban J connectivity index is 2.04. The number of anilines is 2. The summed E-state index contributed by atoms with van der Waals surface area (Å²) in [5.74, 6) is -3.68. The maximum absolute atomic E-state index is 14.5. The van der Waals surface area contributed by atoms with Gasteiger partial charge in [0.2, 0.25) is 0 Å². The van der Waals surface area contributed by atoms with E-state index in [0.717, 1.165) is 28.0 Å². The molecular formula is C20H12F7N3O4S2. The first-order chi connectivity index (χ1) is 16.3. The van der Waals surface area contributed by atoms with Gasteiger partial charge in [0, 0.05) is 11.8 Å². The average Bonchev–Trinajstić information content (AvgIpc) is 2.91. The van der Waals surface area contributed by atoms with E-state index >= 15 is 0 Å². The first kappa shape index (κ1) is 27.1. The van der Waals surface area contributed by atoms with Crippen LogP contribution in [-0.4, -0.2) is 30.5 Å². The van der Waals surface area contributed by atoms with Crippen LogP contribution < -0.4 is 14.0 Å². The summed E-state index contributed by atoms with van der Waals surface area (Å²) >= 11 is 5.25. The maximum atomic E-state index is 14.5. The van der Waals surface area contributed by atoms with E-state index in [4.69, 9.17) is 17.5 Å². The van der Waals surface area contributed by atoms with Crippen molar-refractivity contribution >= 4 is 44.7 Å². The van der Waals surface area contributed by atoms with E-state index in [1.54, 1.807) is 0 Å². The summed E-state index contributed by atoms with van der Waals surface area (Å²) in [5, 5.41) is 8.55. The number of nitriles is 1. The number of hydrogen-bond acceptors (Lipinski definition) is 6. The zero-order chi connectivity index (χ0) is 27.4. The molecule has 1 amide bonds. The topological polar surface area (TPSA) is 90.7 Å². The molecule has 0 bridgehead atoms. The van der Waals surface area contributed by atoms with E-state index in [9.17, 15) is 43.9 Å². The van der Waals surface area contributed by atoms with Crippen LogP contribution in [0.25, 0.3) is 0 Å². The summed E-state index contributed by atoms with van der Waals surface area (Å²) in [6.45, 7) is 2.60. The molecule has 16 heteroatoms. The molecule has 2 aromatic rings. The Hall–Kier alpha value is -3.45. The van der Waals surface area contributed by atoms with Gasteiger partial charge in [0.15, 0.2) is 16.7 Å². The Morgan fingerprint density at radius 3 is 2.11 bits per heavy atom. The van der Waals surface area contributed by atoms with Crippen molar-refractivity contribution in [3.05, 3.63) is 53.3 Å². The molecule has 0 atom stereocenters. The number of rotatable bonds is 4. The molecule has 0 spiro atoms. The normalized spacial score (nSPS) is 16.3. The molecule has 3 rings (SSSR count). The second kappa shape index (κ2) is 8.59. The number of hydrogen-bond donors (Lipinski definition) is 0. The second-order valence-electron chi connectivity index (χ2n) is 7.75. The molecular weight excluding hydrogens is 543 g/mol. The Labute approximate surface area is 204 Å². The maximum Gasteiger partial charge on any atom is 0.534 e. The van der Waals surface area contributed by atoms with Crippen molar-refractivity contribution in [2.24, 2.45) is 0 Å². The molecule has 0 N–H and O–H groups in total. The minimum atomic E-state index is -6.17. The Kier molecular flexibility index (Phi) is 6.48. The highest BCUT2D eigenvalue weighted by atomic mass is 32.2. The van der Waals surface area contributed by atoms with Gasteiger partial charge in [0.05, 0.1) is 22.9 Å². The largest absolute Gasteiger partial charge is 0.534 e. The van der Waals surface area contributed by atoms with E-state index in [1.807, 2.05) is 0 Å². The Morgan fingerprint density at radius 1 is 1.03 bits per heavy atom. The van der Waals surface area contributed by atoms with Crippen LogP contribution in [0.5, 0.6) is 5.75 Å². The Bertz CT molecular complexity index is 1410. The molecule has 0 saturated carbocycles. The van der Waals surface area contributed by atoms with Gasteiger partial charge in [-0.05, 0) is 56.4 Å². The second-order valence-corrected chi connectivity index (χ2v) is 9.66. The zero-order valence-electron chi connectivity index (χ0n) is 17.9. The molecule has 7 nitrogen and oxygen atoms in total. The zero-order valence-corrected chi connectivity index (χ0v) is 19.5. The van der Waals surface area contributed by atoms with Crippen molar-refractivity contribution in [3.63, 3.8) is 0 Å². The van der Waals surface area contributed by atoms with Crippen LogP contribution in [0, 0.1) is 17.1 Å². The lowest BCUT2D eigenvalue weighted by Crippen LogP contribution is -2.44. The number of amides is 1. The van der Waals surface area contributed by atoms with E-state index in [0.29, 0.717) is 18.2 Å². The number of nitrogens with zero attached hydrogens (tertiary/aromatic N) is 3. The summed E-state index contributed by atoms with van der Waals surface area (Å²) in [5.41, 5.74) is -10.1. The van der Waals surface area contributed by atoms with E-state index in [2.05, 4.69) is 4.18 Å². The quantitative estimate of drug-likeness (QED) is 0.230. The third-order valence-corrected chi connectivity index (χ3v) is 6.34. The molecule has 1 aliphatic heterocycles. The summed E-state index contributed by atoms with van der Waals surface area (Å²) in [6.07, 6.45) is -4.93. The van der Waals surface area contributed by atoms with Gasteiger partial charge in [-0.1, -0.05) is 0 Å². The standard InChI is InChI=1S/C20H12F7N3O4S2/c1-18(2)16(31)29(11-4-3-10(9-28)13(7-11)19(22,23)24)17(35)30(18)12-5-6-15(14(21)8-12)34-36(32,33)20(25,26)27/h3-8H,1-2H3.